The predicted octanol–water partition coefficient (Wildman–Crippen LogP) is 2.27. The molecule has 0 saturated carbocycles. The van der Waals surface area contributed by atoms with Crippen LogP contribution in [0.4, 0.5) is 0 Å². The topological polar surface area (TPSA) is 85.3 Å². The van der Waals surface area contributed by atoms with Crippen LogP contribution in [-0.2, 0) is 14.3 Å². The first-order valence-corrected chi connectivity index (χ1v) is 8.37. The molecule has 0 spiro atoms. The molecule has 0 aliphatic carbocycles. The Bertz CT molecular complexity index is 875. The van der Waals surface area contributed by atoms with E-state index in [2.05, 4.69) is 9.84 Å². The van der Waals surface area contributed by atoms with Crippen molar-refractivity contribution >= 4 is 23.6 Å². The molecule has 0 N–H and O–H groups in total. The van der Waals surface area contributed by atoms with Gasteiger partial charge in [0.05, 0.1) is 30.5 Å². The molecule has 0 fully saturated rings. The smallest absolute Gasteiger partial charge is 0.338 e. The molecule has 1 heterocycles. The van der Waals surface area contributed by atoms with Crippen molar-refractivity contribution in [1.29, 1.82) is 0 Å². The fourth-order valence-corrected chi connectivity index (χ4v) is 2.62. The number of rotatable bonds is 5. The van der Waals surface area contributed by atoms with E-state index in [4.69, 9.17) is 4.74 Å². The molecule has 0 aromatic heterocycles. The number of hydrazone groups is 1. The summed E-state index contributed by atoms with van der Waals surface area (Å²) in [5, 5.41) is 5.62. The van der Waals surface area contributed by atoms with Crippen molar-refractivity contribution in [1.82, 2.24) is 5.01 Å². The van der Waals surface area contributed by atoms with Gasteiger partial charge in [0.25, 0.3) is 5.91 Å². The number of carbonyl (C=O) groups excluding carboxylic acids is 3. The Morgan fingerprint density at radius 2 is 1.59 bits per heavy atom. The first-order valence-electron chi connectivity index (χ1n) is 8.37. The molecule has 7 nitrogen and oxygen atoms in total. The van der Waals surface area contributed by atoms with Gasteiger partial charge in [-0.05, 0) is 29.8 Å². The van der Waals surface area contributed by atoms with Crippen LogP contribution in [0.5, 0.6) is 0 Å². The van der Waals surface area contributed by atoms with Crippen molar-refractivity contribution in [2.75, 3.05) is 20.3 Å². The predicted molar refractivity (Wildman–Crippen MR) is 97.4 cm³/mol. The Morgan fingerprint density at radius 3 is 2.22 bits per heavy atom. The summed E-state index contributed by atoms with van der Waals surface area (Å²) in [5.74, 6) is -1.53. The Balaban J connectivity index is 1.55. The van der Waals surface area contributed by atoms with E-state index in [9.17, 15) is 14.4 Å². The van der Waals surface area contributed by atoms with Crippen molar-refractivity contribution in [3.63, 3.8) is 0 Å². The zero-order valence-corrected chi connectivity index (χ0v) is 14.8. The molecule has 138 valence electrons. The number of amides is 1. The lowest BCUT2D eigenvalue weighted by atomic mass is 10.1. The van der Waals surface area contributed by atoms with Crippen molar-refractivity contribution < 1.29 is 23.9 Å². The number of benzene rings is 2. The molecule has 0 radical (unpaired) electrons. The number of hydrogen-bond acceptors (Lipinski definition) is 6. The van der Waals surface area contributed by atoms with Gasteiger partial charge in [0, 0.05) is 6.42 Å². The van der Waals surface area contributed by atoms with Crippen LogP contribution in [0.3, 0.4) is 0 Å². The second-order valence-corrected chi connectivity index (χ2v) is 5.82. The van der Waals surface area contributed by atoms with Crippen molar-refractivity contribution in [2.45, 2.75) is 6.42 Å². The average Bonchev–Trinajstić information content (AvgIpc) is 3.22. The number of ether oxygens (including phenoxy) is 2. The summed E-state index contributed by atoms with van der Waals surface area (Å²) < 4.78 is 9.65. The quantitative estimate of drug-likeness (QED) is 0.758. The first-order chi connectivity index (χ1) is 13.1. The van der Waals surface area contributed by atoms with E-state index in [1.165, 1.54) is 36.4 Å². The van der Waals surface area contributed by atoms with E-state index in [-0.39, 0.29) is 11.5 Å². The van der Waals surface area contributed by atoms with Gasteiger partial charge in [0.1, 0.15) is 0 Å². The van der Waals surface area contributed by atoms with Gasteiger partial charge in [-0.1, -0.05) is 30.3 Å². The molecule has 1 aliphatic rings. The maximum atomic E-state index is 12.2. The molecule has 1 aliphatic heterocycles. The Kier molecular flexibility index (Phi) is 5.61. The number of esters is 2. The van der Waals surface area contributed by atoms with E-state index in [1.807, 2.05) is 30.3 Å². The average molecular weight is 366 g/mol. The lowest BCUT2D eigenvalue weighted by Crippen LogP contribution is -2.28. The Labute approximate surface area is 156 Å². The molecular formula is C20H18N2O5. The highest BCUT2D eigenvalue weighted by Crippen LogP contribution is 2.14. The largest absolute Gasteiger partial charge is 0.465 e. The summed E-state index contributed by atoms with van der Waals surface area (Å²) in [5.41, 5.74) is 2.36. The van der Waals surface area contributed by atoms with Gasteiger partial charge in [0.2, 0.25) is 0 Å². The highest BCUT2D eigenvalue weighted by Gasteiger charge is 2.22. The van der Waals surface area contributed by atoms with E-state index in [0.29, 0.717) is 18.5 Å². The zero-order valence-electron chi connectivity index (χ0n) is 14.8. The summed E-state index contributed by atoms with van der Waals surface area (Å²) in [7, 11) is 1.28. The maximum absolute atomic E-state index is 12.2. The lowest BCUT2D eigenvalue weighted by molar-refractivity contribution is -0.134. The third-order valence-electron chi connectivity index (χ3n) is 4.07. The van der Waals surface area contributed by atoms with Crippen LogP contribution in [0.25, 0.3) is 0 Å². The van der Waals surface area contributed by atoms with E-state index < -0.39 is 18.5 Å². The molecule has 0 unspecified atom stereocenters. The number of methoxy groups -OCH3 is 1. The summed E-state index contributed by atoms with van der Waals surface area (Å²) in [6.07, 6.45) is 0.651. The molecule has 2 aromatic rings. The fraction of sp³-hybridized carbons (Fsp3) is 0.200. The third-order valence-corrected chi connectivity index (χ3v) is 4.07. The standard InChI is InChI=1S/C20H18N2O5/c1-26-19(24)15-7-9-16(10-8-15)20(25)27-13-18(23)22-12-11-17(21-22)14-5-3-2-4-6-14/h2-10H,11-13H2,1H3. The normalized spacial score (nSPS) is 13.1. The van der Waals surface area contributed by atoms with Crippen LogP contribution in [0.15, 0.2) is 59.7 Å². The monoisotopic (exact) mass is 366 g/mol. The van der Waals surface area contributed by atoms with E-state index >= 15 is 0 Å². The maximum Gasteiger partial charge on any atom is 0.338 e. The van der Waals surface area contributed by atoms with Gasteiger partial charge in [-0.2, -0.15) is 5.10 Å². The summed E-state index contributed by atoms with van der Waals surface area (Å²) in [6, 6.07) is 15.4. The van der Waals surface area contributed by atoms with Crippen LogP contribution in [-0.4, -0.2) is 48.8 Å². The first kappa shape index (κ1) is 18.3. The number of carbonyl (C=O) groups is 3. The van der Waals surface area contributed by atoms with Crippen molar-refractivity contribution in [2.24, 2.45) is 5.10 Å². The summed E-state index contributed by atoms with van der Waals surface area (Å²) in [4.78, 5) is 35.7. The molecule has 27 heavy (non-hydrogen) atoms. The van der Waals surface area contributed by atoms with Crippen LogP contribution >= 0.6 is 0 Å². The van der Waals surface area contributed by atoms with Crippen molar-refractivity contribution in [3.05, 3.63) is 71.3 Å². The molecule has 0 saturated heterocycles. The highest BCUT2D eigenvalue weighted by atomic mass is 16.5. The van der Waals surface area contributed by atoms with Gasteiger partial charge < -0.3 is 9.47 Å². The minimum Gasteiger partial charge on any atom is -0.465 e. The van der Waals surface area contributed by atoms with Crippen molar-refractivity contribution in [3.8, 4) is 0 Å². The second-order valence-electron chi connectivity index (χ2n) is 5.82. The lowest BCUT2D eigenvalue weighted by Gasteiger charge is -2.11. The molecular weight excluding hydrogens is 348 g/mol. The van der Waals surface area contributed by atoms with Gasteiger partial charge in [0.15, 0.2) is 6.61 Å². The molecule has 7 heteroatoms. The second kappa shape index (κ2) is 8.27. The third kappa shape index (κ3) is 4.38. The van der Waals surface area contributed by atoms with Gasteiger partial charge >= 0.3 is 11.9 Å². The van der Waals surface area contributed by atoms with E-state index in [0.717, 1.165) is 11.3 Å². The van der Waals surface area contributed by atoms with Crippen LogP contribution in [0.1, 0.15) is 32.7 Å². The number of hydrogen-bond donors (Lipinski definition) is 0. The van der Waals surface area contributed by atoms with Gasteiger partial charge in [-0.3, -0.25) is 4.79 Å². The van der Waals surface area contributed by atoms with Crippen LogP contribution in [0, 0.1) is 0 Å². The molecule has 2 aromatic carbocycles. The van der Waals surface area contributed by atoms with Crippen LogP contribution in [0.2, 0.25) is 0 Å². The molecule has 3 rings (SSSR count). The zero-order chi connectivity index (χ0) is 19.2. The Hall–Kier alpha value is -3.48. The van der Waals surface area contributed by atoms with Crippen LogP contribution < -0.4 is 0 Å². The molecule has 0 atom stereocenters. The Morgan fingerprint density at radius 1 is 0.963 bits per heavy atom. The van der Waals surface area contributed by atoms with Gasteiger partial charge in [-0.25, -0.2) is 14.6 Å². The fourth-order valence-electron chi connectivity index (χ4n) is 2.62. The van der Waals surface area contributed by atoms with Gasteiger partial charge in [-0.15, -0.1) is 0 Å². The van der Waals surface area contributed by atoms with E-state index in [1.54, 1.807) is 0 Å². The molecule has 1 amide bonds. The minimum absolute atomic E-state index is 0.241. The summed E-state index contributed by atoms with van der Waals surface area (Å²) in [6.45, 7) is 0.0532. The highest BCUT2D eigenvalue weighted by molar-refractivity contribution is 6.02. The minimum atomic E-state index is -0.647. The SMILES string of the molecule is COC(=O)c1ccc(C(=O)OCC(=O)N2CCC(c3ccccc3)=N2)cc1. The molecule has 0 bridgehead atoms. The summed E-state index contributed by atoms with van der Waals surface area (Å²) >= 11 is 0. The number of nitrogens with zero attached hydrogens (tertiary/aromatic N) is 2.